The lowest BCUT2D eigenvalue weighted by molar-refractivity contribution is -0.137. The first-order valence-electron chi connectivity index (χ1n) is 7.85. The average Bonchev–Trinajstić information content (AvgIpc) is 2.56. The van der Waals surface area contributed by atoms with Gasteiger partial charge >= 0.3 is 6.18 Å². The van der Waals surface area contributed by atoms with Crippen molar-refractivity contribution in [3.8, 4) is 0 Å². The number of sulfonamides is 1. The summed E-state index contributed by atoms with van der Waals surface area (Å²) in [6.07, 6.45) is -6.09. The van der Waals surface area contributed by atoms with Crippen molar-refractivity contribution in [3.63, 3.8) is 0 Å². The number of nitrogens with one attached hydrogen (secondary N) is 3. The predicted molar refractivity (Wildman–Crippen MR) is 93.7 cm³/mol. The summed E-state index contributed by atoms with van der Waals surface area (Å²) < 4.78 is 65.4. The van der Waals surface area contributed by atoms with E-state index >= 15 is 0 Å². The SMILES string of the molecule is Cc1ccc(NC(=O)[C@H]2Nc3cc(C(F)(F)F)ccc3S(=O)(=O)N2)cc1C. The number of aryl methyl sites for hydroxylation is 2. The molecule has 2 aromatic rings. The first-order chi connectivity index (χ1) is 12.5. The molecule has 0 spiro atoms. The lowest BCUT2D eigenvalue weighted by atomic mass is 10.1. The van der Waals surface area contributed by atoms with Crippen LogP contribution in [0.3, 0.4) is 0 Å². The quantitative estimate of drug-likeness (QED) is 0.725. The molecule has 0 fully saturated rings. The van der Waals surface area contributed by atoms with Crippen molar-refractivity contribution in [1.82, 2.24) is 4.72 Å². The number of carbonyl (C=O) groups is 1. The molecule has 6 nitrogen and oxygen atoms in total. The topological polar surface area (TPSA) is 87.3 Å². The van der Waals surface area contributed by atoms with Crippen LogP contribution in [0.2, 0.25) is 0 Å². The fourth-order valence-electron chi connectivity index (χ4n) is 2.61. The number of hydrogen-bond acceptors (Lipinski definition) is 4. The molecule has 0 unspecified atom stereocenters. The van der Waals surface area contributed by atoms with Crippen molar-refractivity contribution in [2.75, 3.05) is 10.6 Å². The van der Waals surface area contributed by atoms with E-state index < -0.39 is 33.8 Å². The lowest BCUT2D eigenvalue weighted by Crippen LogP contribution is -2.51. The summed E-state index contributed by atoms with van der Waals surface area (Å²) in [6, 6.07) is 7.34. The molecule has 10 heteroatoms. The van der Waals surface area contributed by atoms with Gasteiger partial charge < -0.3 is 10.6 Å². The number of carbonyl (C=O) groups excluding carboxylic acids is 1. The molecule has 1 atom stereocenters. The molecule has 27 heavy (non-hydrogen) atoms. The second kappa shape index (κ2) is 6.54. The number of anilines is 2. The molecule has 0 saturated carbocycles. The summed E-state index contributed by atoms with van der Waals surface area (Å²) in [7, 11) is -4.15. The Morgan fingerprint density at radius 2 is 1.78 bits per heavy atom. The highest BCUT2D eigenvalue weighted by atomic mass is 32.2. The van der Waals surface area contributed by atoms with Crippen molar-refractivity contribution in [2.45, 2.75) is 31.1 Å². The number of benzene rings is 2. The van der Waals surface area contributed by atoms with Gasteiger partial charge in [0.25, 0.3) is 5.91 Å². The zero-order valence-electron chi connectivity index (χ0n) is 14.3. The highest BCUT2D eigenvalue weighted by Crippen LogP contribution is 2.35. The van der Waals surface area contributed by atoms with Crippen LogP contribution >= 0.6 is 0 Å². The Labute approximate surface area is 153 Å². The minimum atomic E-state index is -4.64. The molecule has 1 aliphatic rings. The summed E-state index contributed by atoms with van der Waals surface area (Å²) in [4.78, 5) is 12.1. The first kappa shape index (κ1) is 19.2. The van der Waals surface area contributed by atoms with Gasteiger partial charge in [-0.15, -0.1) is 0 Å². The molecular formula is C17H16F3N3O3S. The van der Waals surface area contributed by atoms with Crippen molar-refractivity contribution >= 4 is 27.3 Å². The standard InChI is InChI=1S/C17H16F3N3O3S/c1-9-3-5-12(7-10(9)2)21-16(24)15-22-13-8-11(17(18,19)20)4-6-14(13)27(25,26)23-15/h3-8,15,22-23H,1-2H3,(H,21,24)/t15-/m0/s1. The maximum Gasteiger partial charge on any atom is 0.416 e. The van der Waals surface area contributed by atoms with E-state index in [4.69, 9.17) is 0 Å². The molecule has 0 aromatic heterocycles. The van der Waals surface area contributed by atoms with Crippen molar-refractivity contribution < 1.29 is 26.4 Å². The Morgan fingerprint density at radius 3 is 2.41 bits per heavy atom. The van der Waals surface area contributed by atoms with Gasteiger partial charge in [0.05, 0.1) is 11.3 Å². The molecule has 0 saturated heterocycles. The Bertz CT molecular complexity index is 1020. The van der Waals surface area contributed by atoms with Gasteiger partial charge in [-0.2, -0.15) is 17.9 Å². The van der Waals surface area contributed by atoms with Crippen LogP contribution in [0.5, 0.6) is 0 Å². The highest BCUT2D eigenvalue weighted by Gasteiger charge is 2.37. The van der Waals surface area contributed by atoms with Crippen LogP contribution in [0.4, 0.5) is 24.5 Å². The fraction of sp³-hybridized carbons (Fsp3) is 0.235. The molecule has 3 N–H and O–H groups in total. The van der Waals surface area contributed by atoms with Gasteiger partial charge in [0.2, 0.25) is 10.0 Å². The molecule has 0 aliphatic carbocycles. The third kappa shape index (κ3) is 3.91. The van der Waals surface area contributed by atoms with E-state index in [9.17, 15) is 26.4 Å². The van der Waals surface area contributed by atoms with Crippen LogP contribution in [-0.4, -0.2) is 20.5 Å². The van der Waals surface area contributed by atoms with Crippen LogP contribution in [-0.2, 0) is 21.0 Å². The van der Waals surface area contributed by atoms with Gasteiger partial charge in [-0.25, -0.2) is 8.42 Å². The summed E-state index contributed by atoms with van der Waals surface area (Å²) in [5.74, 6) is -0.745. The van der Waals surface area contributed by atoms with E-state index in [1.165, 1.54) is 0 Å². The normalized spacial score (nSPS) is 18.3. The largest absolute Gasteiger partial charge is 0.416 e. The van der Waals surface area contributed by atoms with Gasteiger partial charge in [-0.3, -0.25) is 4.79 Å². The summed E-state index contributed by atoms with van der Waals surface area (Å²) in [6.45, 7) is 3.74. The monoisotopic (exact) mass is 399 g/mol. The van der Waals surface area contributed by atoms with Gasteiger partial charge in [-0.05, 0) is 55.3 Å². The van der Waals surface area contributed by atoms with E-state index in [2.05, 4.69) is 15.4 Å². The number of hydrogen-bond donors (Lipinski definition) is 3. The molecule has 1 aliphatic heterocycles. The molecular weight excluding hydrogens is 383 g/mol. The second-order valence-corrected chi connectivity index (χ2v) is 7.88. The van der Waals surface area contributed by atoms with Gasteiger partial charge in [-0.1, -0.05) is 6.07 Å². The van der Waals surface area contributed by atoms with E-state index in [0.717, 1.165) is 17.2 Å². The van der Waals surface area contributed by atoms with Gasteiger partial charge in [0.15, 0.2) is 6.17 Å². The van der Waals surface area contributed by atoms with Crippen molar-refractivity contribution in [1.29, 1.82) is 0 Å². The molecule has 1 heterocycles. The lowest BCUT2D eigenvalue weighted by Gasteiger charge is -2.27. The maximum atomic E-state index is 12.9. The fourth-order valence-corrected chi connectivity index (χ4v) is 3.87. The third-order valence-corrected chi connectivity index (χ3v) is 5.69. The molecule has 0 bridgehead atoms. The number of amides is 1. The highest BCUT2D eigenvalue weighted by molar-refractivity contribution is 7.89. The molecule has 144 valence electrons. The van der Waals surface area contributed by atoms with Crippen LogP contribution < -0.4 is 15.4 Å². The van der Waals surface area contributed by atoms with Gasteiger partial charge in [0, 0.05) is 5.69 Å². The third-order valence-electron chi connectivity index (χ3n) is 4.21. The van der Waals surface area contributed by atoms with Crippen LogP contribution in [0.15, 0.2) is 41.3 Å². The first-order valence-corrected chi connectivity index (χ1v) is 9.34. The second-order valence-electron chi connectivity index (χ2n) is 6.20. The Hall–Kier alpha value is -2.59. The molecule has 0 radical (unpaired) electrons. The zero-order valence-corrected chi connectivity index (χ0v) is 15.1. The zero-order chi connectivity index (χ0) is 20.0. The Balaban J connectivity index is 1.89. The van der Waals surface area contributed by atoms with Crippen LogP contribution in [0.25, 0.3) is 0 Å². The minimum absolute atomic E-state index is 0.288. The molecule has 3 rings (SSSR count). The van der Waals surface area contributed by atoms with E-state index in [0.29, 0.717) is 17.8 Å². The average molecular weight is 399 g/mol. The Morgan fingerprint density at radius 1 is 1.07 bits per heavy atom. The molecule has 2 aromatic carbocycles. The number of alkyl halides is 3. The van der Waals surface area contributed by atoms with E-state index in [1.807, 2.05) is 13.8 Å². The van der Waals surface area contributed by atoms with Gasteiger partial charge in [0.1, 0.15) is 4.90 Å². The number of fused-ring (bicyclic) bond motifs is 1. The number of rotatable bonds is 2. The number of halogens is 3. The summed E-state index contributed by atoms with van der Waals surface area (Å²) in [5.41, 5.74) is 1.07. The van der Waals surface area contributed by atoms with Crippen LogP contribution in [0.1, 0.15) is 16.7 Å². The maximum absolute atomic E-state index is 12.9. The summed E-state index contributed by atoms with van der Waals surface area (Å²) in [5, 5.41) is 5.05. The van der Waals surface area contributed by atoms with Crippen LogP contribution in [0, 0.1) is 13.8 Å². The van der Waals surface area contributed by atoms with Crippen molar-refractivity contribution in [3.05, 3.63) is 53.1 Å². The predicted octanol–water partition coefficient (Wildman–Crippen LogP) is 2.99. The van der Waals surface area contributed by atoms with E-state index in [-0.39, 0.29) is 10.6 Å². The Kier molecular flexibility index (Phi) is 4.64. The smallest absolute Gasteiger partial charge is 0.360 e. The summed E-state index contributed by atoms with van der Waals surface area (Å²) >= 11 is 0. The van der Waals surface area contributed by atoms with E-state index in [1.54, 1.807) is 18.2 Å². The molecule has 1 amide bonds. The van der Waals surface area contributed by atoms with Crippen molar-refractivity contribution in [2.24, 2.45) is 0 Å². The minimum Gasteiger partial charge on any atom is -0.360 e.